The lowest BCUT2D eigenvalue weighted by molar-refractivity contribution is -0.0120. The Kier molecular flexibility index (Phi) is 4.33. The van der Waals surface area contributed by atoms with Crippen molar-refractivity contribution in [3.63, 3.8) is 0 Å². The molecule has 1 aromatic carbocycles. The minimum absolute atomic E-state index is 0.207. The van der Waals surface area contributed by atoms with E-state index in [0.29, 0.717) is 6.04 Å². The van der Waals surface area contributed by atoms with Crippen molar-refractivity contribution < 1.29 is 9.53 Å². The molecule has 1 aliphatic rings. The smallest absolute Gasteiger partial charge is 0.410 e. The number of nitrogens with zero attached hydrogens (tertiary/aromatic N) is 2. The third-order valence-corrected chi connectivity index (χ3v) is 3.41. The zero-order valence-corrected chi connectivity index (χ0v) is 12.8. The van der Waals surface area contributed by atoms with Gasteiger partial charge in [-0.25, -0.2) is 4.79 Å². The lowest BCUT2D eigenvalue weighted by Crippen LogP contribution is -2.60. The van der Waals surface area contributed by atoms with Gasteiger partial charge in [-0.3, -0.25) is 4.90 Å². The molecule has 4 heteroatoms. The Morgan fingerprint density at radius 3 is 2.45 bits per heavy atom. The fraction of sp³-hybridized carbons (Fsp3) is 0.562. The van der Waals surface area contributed by atoms with Gasteiger partial charge in [-0.2, -0.15) is 0 Å². The number of rotatable bonds is 3. The van der Waals surface area contributed by atoms with Crippen LogP contribution in [0.1, 0.15) is 26.3 Å². The maximum atomic E-state index is 11.9. The number of hydrogen-bond donors (Lipinski definition) is 0. The fourth-order valence-corrected chi connectivity index (χ4v) is 2.21. The number of hydrogen-bond acceptors (Lipinski definition) is 3. The van der Waals surface area contributed by atoms with Crippen LogP contribution in [0.4, 0.5) is 4.79 Å². The van der Waals surface area contributed by atoms with Crippen molar-refractivity contribution >= 4 is 6.09 Å². The summed E-state index contributed by atoms with van der Waals surface area (Å²) in [5.74, 6) is 0. The van der Waals surface area contributed by atoms with Crippen LogP contribution < -0.4 is 0 Å². The lowest BCUT2D eigenvalue weighted by atomic mass is 10.1. The van der Waals surface area contributed by atoms with E-state index in [1.165, 1.54) is 5.56 Å². The van der Waals surface area contributed by atoms with Crippen molar-refractivity contribution in [2.45, 2.75) is 39.0 Å². The number of benzene rings is 1. The highest BCUT2D eigenvalue weighted by Gasteiger charge is 2.35. The Morgan fingerprint density at radius 1 is 1.30 bits per heavy atom. The molecule has 1 aromatic rings. The minimum atomic E-state index is -0.419. The Hall–Kier alpha value is -1.55. The first kappa shape index (κ1) is 14.9. The van der Waals surface area contributed by atoms with Gasteiger partial charge in [-0.05, 0) is 33.4 Å². The highest BCUT2D eigenvalue weighted by molar-refractivity contribution is 5.69. The molecule has 0 unspecified atom stereocenters. The quantitative estimate of drug-likeness (QED) is 0.851. The van der Waals surface area contributed by atoms with Crippen LogP contribution in [-0.4, -0.2) is 47.7 Å². The molecule has 2 rings (SSSR count). The van der Waals surface area contributed by atoms with Gasteiger partial charge in [0.2, 0.25) is 0 Å². The molecule has 0 spiro atoms. The van der Waals surface area contributed by atoms with Gasteiger partial charge in [0.05, 0.1) is 0 Å². The summed E-state index contributed by atoms with van der Waals surface area (Å²) in [5, 5.41) is 0. The molecule has 0 radical (unpaired) electrons. The van der Waals surface area contributed by atoms with Gasteiger partial charge < -0.3 is 9.64 Å². The van der Waals surface area contributed by atoms with Crippen molar-refractivity contribution in [3.05, 3.63) is 35.9 Å². The van der Waals surface area contributed by atoms with Gasteiger partial charge >= 0.3 is 6.09 Å². The first-order chi connectivity index (χ1) is 9.35. The predicted molar refractivity (Wildman–Crippen MR) is 79.5 cm³/mol. The molecule has 0 atom stereocenters. The second-order valence-electron chi connectivity index (χ2n) is 6.44. The van der Waals surface area contributed by atoms with Gasteiger partial charge in [-0.1, -0.05) is 30.3 Å². The summed E-state index contributed by atoms with van der Waals surface area (Å²) in [7, 11) is 2.10. The van der Waals surface area contributed by atoms with E-state index >= 15 is 0 Å². The number of likely N-dealkylation sites (tertiary alicyclic amines) is 1. The third-order valence-electron chi connectivity index (χ3n) is 3.41. The molecule has 1 amide bonds. The van der Waals surface area contributed by atoms with Gasteiger partial charge in [-0.15, -0.1) is 0 Å². The van der Waals surface area contributed by atoms with Crippen LogP contribution in [0.15, 0.2) is 30.3 Å². The summed E-state index contributed by atoms with van der Waals surface area (Å²) < 4.78 is 5.36. The molecule has 0 saturated carbocycles. The fourth-order valence-electron chi connectivity index (χ4n) is 2.21. The second kappa shape index (κ2) is 5.83. The van der Waals surface area contributed by atoms with Crippen molar-refractivity contribution in [3.8, 4) is 0 Å². The average molecular weight is 276 g/mol. The molecule has 1 heterocycles. The van der Waals surface area contributed by atoms with Crippen LogP contribution in [0.2, 0.25) is 0 Å². The van der Waals surface area contributed by atoms with Crippen LogP contribution in [0, 0.1) is 0 Å². The normalized spacial score (nSPS) is 16.1. The molecule has 110 valence electrons. The van der Waals surface area contributed by atoms with Crippen molar-refractivity contribution in [1.82, 2.24) is 9.80 Å². The summed E-state index contributed by atoms with van der Waals surface area (Å²) in [6, 6.07) is 10.8. The highest BCUT2D eigenvalue weighted by Crippen LogP contribution is 2.19. The molecule has 4 nitrogen and oxygen atoms in total. The molecule has 20 heavy (non-hydrogen) atoms. The maximum absolute atomic E-state index is 11.9. The van der Waals surface area contributed by atoms with Crippen LogP contribution in [-0.2, 0) is 11.3 Å². The van der Waals surface area contributed by atoms with E-state index in [0.717, 1.165) is 19.6 Å². The number of ether oxygens (including phenoxy) is 1. The zero-order chi connectivity index (χ0) is 14.8. The van der Waals surface area contributed by atoms with Gasteiger partial charge in [0, 0.05) is 25.7 Å². The number of carbonyl (C=O) groups excluding carboxylic acids is 1. The Labute approximate surface area is 121 Å². The molecular formula is C16H24N2O2. The summed E-state index contributed by atoms with van der Waals surface area (Å²) in [4.78, 5) is 15.9. The molecule has 1 fully saturated rings. The molecule has 1 saturated heterocycles. The molecule has 0 N–H and O–H groups in total. The summed E-state index contributed by atoms with van der Waals surface area (Å²) in [5.41, 5.74) is 0.878. The first-order valence-electron chi connectivity index (χ1n) is 7.07. The van der Waals surface area contributed by atoms with E-state index in [-0.39, 0.29) is 6.09 Å². The van der Waals surface area contributed by atoms with Gasteiger partial charge in [0.25, 0.3) is 0 Å². The molecule has 0 aliphatic carbocycles. The highest BCUT2D eigenvalue weighted by atomic mass is 16.6. The van der Waals surface area contributed by atoms with Crippen LogP contribution >= 0.6 is 0 Å². The van der Waals surface area contributed by atoms with E-state index in [9.17, 15) is 4.79 Å². The molecule has 1 aliphatic heterocycles. The van der Waals surface area contributed by atoms with E-state index < -0.39 is 5.60 Å². The number of amides is 1. The van der Waals surface area contributed by atoms with E-state index in [1.807, 2.05) is 26.8 Å². The summed E-state index contributed by atoms with van der Waals surface area (Å²) in [6.45, 7) is 8.08. The van der Waals surface area contributed by atoms with Crippen LogP contribution in [0.25, 0.3) is 0 Å². The van der Waals surface area contributed by atoms with Crippen molar-refractivity contribution in [2.75, 3.05) is 20.1 Å². The summed E-state index contributed by atoms with van der Waals surface area (Å²) in [6.07, 6.45) is -0.207. The SMILES string of the molecule is CN(Cc1ccccc1)C1CN(C(=O)OC(C)(C)C)C1. The lowest BCUT2D eigenvalue weighted by Gasteiger charge is -2.44. The molecule has 0 aromatic heterocycles. The van der Waals surface area contributed by atoms with Gasteiger partial charge in [0.1, 0.15) is 5.60 Å². The molecular weight excluding hydrogens is 252 g/mol. The Morgan fingerprint density at radius 2 is 1.90 bits per heavy atom. The van der Waals surface area contributed by atoms with E-state index in [1.54, 1.807) is 4.90 Å². The minimum Gasteiger partial charge on any atom is -0.444 e. The third kappa shape index (κ3) is 3.97. The second-order valence-corrected chi connectivity index (χ2v) is 6.44. The largest absolute Gasteiger partial charge is 0.444 e. The Balaban J connectivity index is 1.77. The van der Waals surface area contributed by atoms with Gasteiger partial charge in [0.15, 0.2) is 0 Å². The van der Waals surface area contributed by atoms with Crippen molar-refractivity contribution in [2.24, 2.45) is 0 Å². The maximum Gasteiger partial charge on any atom is 0.410 e. The van der Waals surface area contributed by atoms with Crippen LogP contribution in [0.5, 0.6) is 0 Å². The predicted octanol–water partition coefficient (Wildman–Crippen LogP) is 2.74. The average Bonchev–Trinajstić information content (AvgIpc) is 2.25. The summed E-state index contributed by atoms with van der Waals surface area (Å²) >= 11 is 0. The Bertz CT molecular complexity index is 447. The monoisotopic (exact) mass is 276 g/mol. The molecule has 0 bridgehead atoms. The zero-order valence-electron chi connectivity index (χ0n) is 12.8. The standard InChI is InChI=1S/C16H24N2O2/c1-16(2,3)20-15(19)18-11-14(12-18)17(4)10-13-8-6-5-7-9-13/h5-9,14H,10-12H2,1-4H3. The van der Waals surface area contributed by atoms with E-state index in [4.69, 9.17) is 4.74 Å². The first-order valence-corrected chi connectivity index (χ1v) is 7.07. The topological polar surface area (TPSA) is 32.8 Å². The van der Waals surface area contributed by atoms with Crippen molar-refractivity contribution in [1.29, 1.82) is 0 Å². The van der Waals surface area contributed by atoms with Crippen LogP contribution in [0.3, 0.4) is 0 Å². The van der Waals surface area contributed by atoms with E-state index in [2.05, 4.69) is 36.2 Å². The number of likely N-dealkylation sites (N-methyl/N-ethyl adjacent to an activating group) is 1. The number of carbonyl (C=O) groups is 1.